The van der Waals surface area contributed by atoms with Gasteiger partial charge in [0.15, 0.2) is 0 Å². The van der Waals surface area contributed by atoms with Gasteiger partial charge in [0, 0.05) is 43.4 Å². The molecule has 0 aromatic carbocycles. The maximum absolute atomic E-state index is 12.9. The highest BCUT2D eigenvalue weighted by molar-refractivity contribution is 7.13. The number of thiophene rings is 2. The van der Waals surface area contributed by atoms with Crippen LogP contribution >= 0.6 is 22.7 Å². The monoisotopic (exact) mass is 592 g/mol. The van der Waals surface area contributed by atoms with E-state index in [1.54, 1.807) is 34.6 Å². The van der Waals surface area contributed by atoms with Gasteiger partial charge in [-0.1, -0.05) is 69.2 Å². The van der Waals surface area contributed by atoms with Crippen LogP contribution < -0.4 is 5.32 Å². The lowest BCUT2D eigenvalue weighted by Crippen LogP contribution is -2.40. The smallest absolute Gasteiger partial charge is 0.317 e. The van der Waals surface area contributed by atoms with Gasteiger partial charge in [-0.15, -0.1) is 22.7 Å². The summed E-state index contributed by atoms with van der Waals surface area (Å²) in [4.78, 5) is 41.8. The molecular formula is C31H48N2O5S2. The molecule has 0 bridgehead atoms. The number of carbonyl (C=O) groups excluding carboxylic acids is 1. The number of likely N-dealkylation sites (N-methyl/N-ethyl adjacent to an activating group) is 1. The molecule has 9 heteroatoms. The number of hydrogen-bond donors (Lipinski definition) is 3. The number of nitrogens with zero attached hydrogens (tertiary/aromatic N) is 1. The Bertz CT molecular complexity index is 1230. The van der Waals surface area contributed by atoms with E-state index in [4.69, 9.17) is 5.11 Å². The molecule has 1 amide bonds. The fourth-order valence-electron chi connectivity index (χ4n) is 4.65. The molecule has 224 valence electrons. The fraction of sp³-hybridized carbons (Fsp3) is 0.645. The lowest BCUT2D eigenvalue weighted by Gasteiger charge is -2.41. The first-order valence-corrected chi connectivity index (χ1v) is 15.4. The van der Waals surface area contributed by atoms with Crippen LogP contribution in [-0.2, 0) is 48.9 Å². The average Bonchev–Trinajstić information content (AvgIpc) is 3.37. The van der Waals surface area contributed by atoms with E-state index in [0.29, 0.717) is 13.1 Å². The van der Waals surface area contributed by atoms with Crippen LogP contribution in [0.1, 0.15) is 99.9 Å². The summed E-state index contributed by atoms with van der Waals surface area (Å²) < 4.78 is 0. The molecule has 7 nitrogen and oxygen atoms in total. The molecular weight excluding hydrogens is 544 g/mol. The average molecular weight is 593 g/mol. The largest absolute Gasteiger partial charge is 0.481 e. The van der Waals surface area contributed by atoms with E-state index >= 15 is 0 Å². The zero-order valence-electron chi connectivity index (χ0n) is 26.1. The van der Waals surface area contributed by atoms with Crippen molar-refractivity contribution in [2.24, 2.45) is 0 Å². The van der Waals surface area contributed by atoms with Crippen LogP contribution in [-0.4, -0.2) is 59.6 Å². The predicted molar refractivity (Wildman–Crippen MR) is 165 cm³/mol. The van der Waals surface area contributed by atoms with Gasteiger partial charge in [-0.2, -0.15) is 0 Å². The number of hydrogen-bond acceptors (Lipinski definition) is 6. The molecule has 0 unspecified atom stereocenters. The topological polar surface area (TPSA) is 107 Å². The molecule has 2 aromatic rings. The summed E-state index contributed by atoms with van der Waals surface area (Å²) >= 11 is 3.45. The van der Waals surface area contributed by atoms with E-state index in [-0.39, 0.29) is 47.0 Å². The molecule has 0 spiro atoms. The van der Waals surface area contributed by atoms with Crippen LogP contribution in [0.2, 0.25) is 0 Å². The molecule has 0 aliphatic rings. The molecule has 2 heterocycles. The maximum Gasteiger partial charge on any atom is 0.317 e. The summed E-state index contributed by atoms with van der Waals surface area (Å²) in [7, 11) is 1.72. The lowest BCUT2D eigenvalue weighted by atomic mass is 9.65. The highest BCUT2D eigenvalue weighted by Gasteiger charge is 2.44. The Kier molecular flexibility index (Phi) is 10.5. The minimum atomic E-state index is -0.896. The van der Waals surface area contributed by atoms with Crippen molar-refractivity contribution in [2.45, 2.75) is 104 Å². The molecule has 40 heavy (non-hydrogen) atoms. The van der Waals surface area contributed by atoms with Crippen molar-refractivity contribution in [3.8, 4) is 0 Å². The van der Waals surface area contributed by atoms with Crippen LogP contribution in [0.5, 0.6) is 0 Å². The number of rotatable bonds is 12. The van der Waals surface area contributed by atoms with Gasteiger partial charge >= 0.3 is 11.9 Å². The Labute approximate surface area is 248 Å². The number of carboxylic acids is 2. The van der Waals surface area contributed by atoms with Crippen molar-refractivity contribution in [2.75, 3.05) is 26.7 Å². The van der Waals surface area contributed by atoms with Gasteiger partial charge in [0.2, 0.25) is 5.91 Å². The second-order valence-corrected chi connectivity index (χ2v) is 16.0. The van der Waals surface area contributed by atoms with Gasteiger partial charge in [0.05, 0.1) is 19.4 Å². The van der Waals surface area contributed by atoms with E-state index in [0.717, 1.165) is 20.9 Å². The van der Waals surface area contributed by atoms with E-state index in [2.05, 4.69) is 86.7 Å². The number of nitrogens with one attached hydrogen (secondary N) is 1. The van der Waals surface area contributed by atoms with Gasteiger partial charge in [0.1, 0.15) is 0 Å². The Morgan fingerprint density at radius 3 is 1.77 bits per heavy atom. The molecule has 3 N–H and O–H groups in total. The first-order valence-electron chi connectivity index (χ1n) is 13.7. The second-order valence-electron chi connectivity index (χ2n) is 13.9. The van der Waals surface area contributed by atoms with Crippen LogP contribution in [0, 0.1) is 0 Å². The highest BCUT2D eigenvalue weighted by atomic mass is 32.1. The molecule has 2 rings (SSSR count). The minimum Gasteiger partial charge on any atom is -0.481 e. The third-order valence-electron chi connectivity index (χ3n) is 7.70. The van der Waals surface area contributed by atoms with Crippen LogP contribution in [0.15, 0.2) is 12.1 Å². The van der Waals surface area contributed by atoms with Crippen molar-refractivity contribution >= 4 is 40.5 Å². The summed E-state index contributed by atoms with van der Waals surface area (Å²) in [5.41, 5.74) is 0.916. The van der Waals surface area contributed by atoms with Crippen molar-refractivity contribution in [3.05, 3.63) is 42.8 Å². The van der Waals surface area contributed by atoms with Gasteiger partial charge < -0.3 is 15.5 Å². The van der Waals surface area contributed by atoms with Crippen molar-refractivity contribution in [1.82, 2.24) is 10.2 Å². The van der Waals surface area contributed by atoms with E-state index in [1.807, 2.05) is 0 Å². The van der Waals surface area contributed by atoms with Gasteiger partial charge in [-0.3, -0.25) is 19.3 Å². The van der Waals surface area contributed by atoms with Gasteiger partial charge in [-0.25, -0.2) is 0 Å². The molecule has 0 atom stereocenters. The number of amides is 1. The van der Waals surface area contributed by atoms with Crippen molar-refractivity contribution in [3.63, 3.8) is 0 Å². The number of carboxylic acid groups (broad SMARTS) is 2. The van der Waals surface area contributed by atoms with Crippen LogP contribution in [0.4, 0.5) is 0 Å². The maximum atomic E-state index is 12.9. The summed E-state index contributed by atoms with van der Waals surface area (Å²) in [5, 5.41) is 21.5. The Hall–Kier alpha value is -2.23. The summed E-state index contributed by atoms with van der Waals surface area (Å²) in [6.45, 7) is 22.5. The fourth-order valence-corrected chi connectivity index (χ4v) is 7.65. The van der Waals surface area contributed by atoms with Gasteiger partial charge in [-0.05, 0) is 41.1 Å². The summed E-state index contributed by atoms with van der Waals surface area (Å²) in [5.74, 6) is -1.82. The first kappa shape index (κ1) is 34.0. The molecule has 0 radical (unpaired) electrons. The summed E-state index contributed by atoms with van der Waals surface area (Å²) in [6.07, 6.45) is 0.242. The molecule has 0 aliphatic carbocycles. The second kappa shape index (κ2) is 12.3. The Balaban J connectivity index is 2.43. The van der Waals surface area contributed by atoms with Crippen molar-refractivity contribution in [1.29, 1.82) is 0 Å². The van der Waals surface area contributed by atoms with Crippen molar-refractivity contribution < 1.29 is 24.6 Å². The predicted octanol–water partition coefficient (Wildman–Crippen LogP) is 5.96. The van der Waals surface area contributed by atoms with E-state index in [9.17, 15) is 19.5 Å². The third kappa shape index (κ3) is 8.17. The molecule has 0 saturated heterocycles. The third-order valence-corrected chi connectivity index (χ3v) is 11.6. The zero-order valence-corrected chi connectivity index (χ0v) is 27.7. The quantitative estimate of drug-likeness (QED) is 0.281. The highest BCUT2D eigenvalue weighted by Crippen LogP contribution is 2.52. The molecule has 0 aliphatic heterocycles. The summed E-state index contributed by atoms with van der Waals surface area (Å²) in [6, 6.07) is 4.24. The van der Waals surface area contributed by atoms with Crippen LogP contribution in [0.3, 0.4) is 0 Å². The lowest BCUT2D eigenvalue weighted by molar-refractivity contribution is -0.138. The standard InChI is InChI=1S/C31H48N2O5S2/c1-28(2,3)21-14-20(17-24(35)36)27(39-21)31(9,10)30(7,8)22-15-19(26(40-22)29(4,5)6)16-23(34)32-12-13-33(11)18-25(37)38/h14-15H,12-13,16-18H2,1-11H3,(H,32,34)(H,35,36)(H,37,38). The number of carbonyl (C=O) groups is 3. The van der Waals surface area contributed by atoms with E-state index in [1.165, 1.54) is 9.75 Å². The number of aliphatic carboxylic acids is 2. The van der Waals surface area contributed by atoms with Crippen LogP contribution in [0.25, 0.3) is 0 Å². The minimum absolute atomic E-state index is 0.00776. The Morgan fingerprint density at radius 1 is 0.750 bits per heavy atom. The van der Waals surface area contributed by atoms with Gasteiger partial charge in [0.25, 0.3) is 0 Å². The van der Waals surface area contributed by atoms with E-state index < -0.39 is 11.9 Å². The molecule has 0 fully saturated rings. The molecule has 0 saturated carbocycles. The normalized spacial score (nSPS) is 13.1. The Morgan fingerprint density at radius 2 is 1.27 bits per heavy atom. The SMILES string of the molecule is CN(CCNC(=O)Cc1cc(C(C)(C)C(C)(C)c2sc(C(C)(C)C)cc2CC(=O)O)sc1C(C)(C)C)CC(=O)O. The zero-order chi connectivity index (χ0) is 30.8. The first-order chi connectivity index (χ1) is 18.1. The molecule has 2 aromatic heterocycles.